The van der Waals surface area contributed by atoms with E-state index in [1.165, 1.54) is 17.8 Å². The van der Waals surface area contributed by atoms with E-state index in [4.69, 9.17) is 0 Å². The number of hydrogen-bond acceptors (Lipinski definition) is 2. The zero-order chi connectivity index (χ0) is 14.7. The van der Waals surface area contributed by atoms with Gasteiger partial charge in [0.1, 0.15) is 5.82 Å². The van der Waals surface area contributed by atoms with Crippen molar-refractivity contribution in [1.29, 1.82) is 0 Å². The summed E-state index contributed by atoms with van der Waals surface area (Å²) in [5.41, 5.74) is 1.89. The summed E-state index contributed by atoms with van der Waals surface area (Å²) in [6, 6.07) is 10.3. The number of aryl methyl sites for hydroxylation is 1. The van der Waals surface area contributed by atoms with E-state index in [-0.39, 0.29) is 11.7 Å². The van der Waals surface area contributed by atoms with Gasteiger partial charge in [-0.15, -0.1) is 11.8 Å². The maximum atomic E-state index is 13.4. The molecule has 0 unspecified atom stereocenters. The van der Waals surface area contributed by atoms with E-state index in [1.807, 2.05) is 24.5 Å². The van der Waals surface area contributed by atoms with E-state index in [0.29, 0.717) is 21.3 Å². The number of hydrogen-bond donors (Lipinski definition) is 1. The van der Waals surface area contributed by atoms with E-state index in [1.54, 1.807) is 19.1 Å². The Hall–Kier alpha value is -1.33. The summed E-state index contributed by atoms with van der Waals surface area (Å²) in [6.45, 7) is 1.76. The Bertz CT molecular complexity index is 660. The maximum Gasteiger partial charge on any atom is 0.256 e. The van der Waals surface area contributed by atoms with Crippen LogP contribution in [0.1, 0.15) is 15.9 Å². The van der Waals surface area contributed by atoms with Crippen molar-refractivity contribution in [2.45, 2.75) is 11.8 Å². The molecule has 0 radical (unpaired) electrons. The first kappa shape index (κ1) is 15.1. The van der Waals surface area contributed by atoms with Crippen molar-refractivity contribution in [3.63, 3.8) is 0 Å². The van der Waals surface area contributed by atoms with Crippen LogP contribution in [0.25, 0.3) is 0 Å². The largest absolute Gasteiger partial charge is 0.322 e. The molecule has 2 aromatic carbocycles. The Labute approximate surface area is 129 Å². The van der Waals surface area contributed by atoms with Crippen molar-refractivity contribution in [3.8, 4) is 0 Å². The van der Waals surface area contributed by atoms with Gasteiger partial charge < -0.3 is 5.32 Å². The number of anilines is 1. The van der Waals surface area contributed by atoms with Crippen LogP contribution in [0.2, 0.25) is 0 Å². The van der Waals surface area contributed by atoms with Gasteiger partial charge >= 0.3 is 0 Å². The molecule has 1 N–H and O–H groups in total. The van der Waals surface area contributed by atoms with Crippen molar-refractivity contribution in [3.05, 3.63) is 57.8 Å². The van der Waals surface area contributed by atoms with Gasteiger partial charge in [0.15, 0.2) is 0 Å². The maximum absolute atomic E-state index is 13.4. The molecular formula is C15H13BrFNOS. The standard InChI is InChI=1S/C15H13BrFNOS/c1-9-7-12(17)11(16)8-13(9)18-15(19)10-5-3-4-6-14(10)20-2/h3-8H,1-2H3,(H,18,19). The predicted octanol–water partition coefficient (Wildman–Crippen LogP) is 4.87. The lowest BCUT2D eigenvalue weighted by atomic mass is 10.1. The highest BCUT2D eigenvalue weighted by Crippen LogP contribution is 2.26. The number of carbonyl (C=O) groups excluding carboxylic acids is 1. The van der Waals surface area contributed by atoms with E-state index < -0.39 is 0 Å². The molecule has 0 aliphatic carbocycles. The average Bonchev–Trinajstić information content (AvgIpc) is 2.44. The molecule has 0 atom stereocenters. The summed E-state index contributed by atoms with van der Waals surface area (Å²) in [5, 5.41) is 2.82. The minimum Gasteiger partial charge on any atom is -0.322 e. The van der Waals surface area contributed by atoms with Crippen LogP contribution in [0.3, 0.4) is 0 Å². The van der Waals surface area contributed by atoms with Crippen LogP contribution in [0, 0.1) is 12.7 Å². The number of carbonyl (C=O) groups is 1. The first-order valence-corrected chi connectivity index (χ1v) is 7.94. The monoisotopic (exact) mass is 353 g/mol. The molecule has 0 fully saturated rings. The quantitative estimate of drug-likeness (QED) is 0.797. The highest BCUT2D eigenvalue weighted by Gasteiger charge is 2.13. The van der Waals surface area contributed by atoms with E-state index in [2.05, 4.69) is 21.2 Å². The Morgan fingerprint density at radius 1 is 1.30 bits per heavy atom. The summed E-state index contributed by atoms with van der Waals surface area (Å²) in [6.07, 6.45) is 1.92. The molecule has 0 aliphatic rings. The molecule has 0 aromatic heterocycles. The summed E-state index contributed by atoms with van der Waals surface area (Å²) < 4.78 is 13.7. The van der Waals surface area contributed by atoms with E-state index >= 15 is 0 Å². The lowest BCUT2D eigenvalue weighted by molar-refractivity contribution is 0.102. The predicted molar refractivity (Wildman–Crippen MR) is 85.0 cm³/mol. The highest BCUT2D eigenvalue weighted by atomic mass is 79.9. The normalized spacial score (nSPS) is 10.4. The summed E-state index contributed by atoms with van der Waals surface area (Å²) in [7, 11) is 0. The van der Waals surface area contributed by atoms with Crippen LogP contribution in [0.4, 0.5) is 10.1 Å². The van der Waals surface area contributed by atoms with Gasteiger partial charge in [0.05, 0.1) is 10.0 Å². The van der Waals surface area contributed by atoms with Crippen molar-refractivity contribution < 1.29 is 9.18 Å². The highest BCUT2D eigenvalue weighted by molar-refractivity contribution is 9.10. The number of rotatable bonds is 3. The van der Waals surface area contributed by atoms with Gasteiger partial charge in [0, 0.05) is 10.6 Å². The van der Waals surface area contributed by atoms with Crippen LogP contribution in [0.15, 0.2) is 45.8 Å². The van der Waals surface area contributed by atoms with Gasteiger partial charge in [-0.25, -0.2) is 4.39 Å². The Morgan fingerprint density at radius 3 is 2.70 bits per heavy atom. The fourth-order valence-electron chi connectivity index (χ4n) is 1.80. The van der Waals surface area contributed by atoms with Gasteiger partial charge in [0.25, 0.3) is 5.91 Å². The SMILES string of the molecule is CSc1ccccc1C(=O)Nc1cc(Br)c(F)cc1C. The summed E-state index contributed by atoms with van der Waals surface area (Å²) in [5.74, 6) is -0.540. The fraction of sp³-hybridized carbons (Fsp3) is 0.133. The lowest BCUT2D eigenvalue weighted by Gasteiger charge is -2.11. The second-order valence-corrected chi connectivity index (χ2v) is 5.94. The third-order valence-electron chi connectivity index (χ3n) is 2.87. The molecular weight excluding hydrogens is 341 g/mol. The molecule has 2 nitrogen and oxygen atoms in total. The molecule has 2 rings (SSSR count). The molecule has 0 bridgehead atoms. The zero-order valence-electron chi connectivity index (χ0n) is 11.0. The van der Waals surface area contributed by atoms with Crippen LogP contribution in [0.5, 0.6) is 0 Å². The molecule has 0 saturated heterocycles. The molecule has 104 valence electrons. The molecule has 2 aromatic rings. The lowest BCUT2D eigenvalue weighted by Crippen LogP contribution is -2.14. The van der Waals surface area contributed by atoms with Crippen LogP contribution >= 0.6 is 27.7 Å². The smallest absolute Gasteiger partial charge is 0.256 e. The van der Waals surface area contributed by atoms with Crippen molar-refractivity contribution >= 4 is 39.3 Å². The third kappa shape index (κ3) is 3.22. The molecule has 0 saturated carbocycles. The van der Waals surface area contributed by atoms with Gasteiger partial charge in [-0.1, -0.05) is 12.1 Å². The van der Waals surface area contributed by atoms with E-state index in [9.17, 15) is 9.18 Å². The van der Waals surface area contributed by atoms with Gasteiger partial charge in [0.2, 0.25) is 0 Å². The molecule has 1 amide bonds. The van der Waals surface area contributed by atoms with Gasteiger partial charge in [-0.2, -0.15) is 0 Å². The van der Waals surface area contributed by atoms with Crippen LogP contribution < -0.4 is 5.32 Å². The number of thioether (sulfide) groups is 1. The molecule has 5 heteroatoms. The third-order valence-corrected chi connectivity index (χ3v) is 4.27. The van der Waals surface area contributed by atoms with E-state index in [0.717, 1.165) is 4.90 Å². The van der Waals surface area contributed by atoms with Crippen LogP contribution in [-0.2, 0) is 0 Å². The second kappa shape index (κ2) is 6.41. The summed E-state index contributed by atoms with van der Waals surface area (Å²) >= 11 is 4.64. The molecule has 0 spiro atoms. The average molecular weight is 354 g/mol. The van der Waals surface area contributed by atoms with Gasteiger partial charge in [-0.3, -0.25) is 4.79 Å². The fourth-order valence-corrected chi connectivity index (χ4v) is 2.74. The number of benzene rings is 2. The second-order valence-electron chi connectivity index (χ2n) is 4.24. The van der Waals surface area contributed by atoms with Crippen molar-refractivity contribution in [1.82, 2.24) is 0 Å². The van der Waals surface area contributed by atoms with Crippen molar-refractivity contribution in [2.75, 3.05) is 11.6 Å². The number of halogens is 2. The van der Waals surface area contributed by atoms with Crippen LogP contribution in [-0.4, -0.2) is 12.2 Å². The first-order valence-electron chi connectivity index (χ1n) is 5.93. The summed E-state index contributed by atoms with van der Waals surface area (Å²) in [4.78, 5) is 13.2. The molecule has 0 heterocycles. The molecule has 20 heavy (non-hydrogen) atoms. The van der Waals surface area contributed by atoms with Gasteiger partial charge in [-0.05, 0) is 58.9 Å². The number of amides is 1. The topological polar surface area (TPSA) is 29.1 Å². The minimum atomic E-state index is -0.343. The number of nitrogens with one attached hydrogen (secondary N) is 1. The first-order chi connectivity index (χ1) is 9.52. The minimum absolute atomic E-state index is 0.198. The Kier molecular flexibility index (Phi) is 4.83. The zero-order valence-corrected chi connectivity index (χ0v) is 13.4. The van der Waals surface area contributed by atoms with Crippen molar-refractivity contribution in [2.24, 2.45) is 0 Å². The molecule has 0 aliphatic heterocycles. The Balaban J connectivity index is 2.30. The Morgan fingerprint density at radius 2 is 2.00 bits per heavy atom.